The predicted molar refractivity (Wildman–Crippen MR) is 112 cm³/mol. The number of fused-ring (bicyclic) bond motifs is 3. The molecule has 0 radical (unpaired) electrons. The van der Waals surface area contributed by atoms with E-state index in [0.717, 1.165) is 25.9 Å². The number of hydrogen-bond acceptors (Lipinski definition) is 4. The van der Waals surface area contributed by atoms with Crippen LogP contribution < -0.4 is 9.47 Å². The molecule has 1 aliphatic carbocycles. The van der Waals surface area contributed by atoms with Crippen LogP contribution in [0.3, 0.4) is 0 Å². The average molecular weight is 424 g/mol. The molecule has 1 aromatic rings. The van der Waals surface area contributed by atoms with Crippen molar-refractivity contribution in [3.05, 3.63) is 23.3 Å². The summed E-state index contributed by atoms with van der Waals surface area (Å²) in [6, 6.07) is 4.14. The van der Waals surface area contributed by atoms with Crippen LogP contribution in [0.15, 0.2) is 12.1 Å². The van der Waals surface area contributed by atoms with E-state index in [1.165, 1.54) is 11.1 Å². The lowest BCUT2D eigenvalue weighted by Gasteiger charge is -2.47. The van der Waals surface area contributed by atoms with Crippen molar-refractivity contribution in [2.24, 2.45) is 16.7 Å². The molecule has 168 valence electrons. The van der Waals surface area contributed by atoms with E-state index < -0.39 is 11.8 Å². The van der Waals surface area contributed by atoms with Gasteiger partial charge in [-0.3, -0.25) is 4.90 Å². The molecule has 4 rings (SSSR count). The average Bonchev–Trinajstić information content (AvgIpc) is 3.46. The molecule has 2 heterocycles. The molecule has 4 nitrogen and oxygen atoms in total. The second-order valence-electron chi connectivity index (χ2n) is 10.7. The van der Waals surface area contributed by atoms with Gasteiger partial charge in [0.15, 0.2) is 11.5 Å². The normalized spacial score (nSPS) is 28.1. The predicted octanol–water partition coefficient (Wildman–Crippen LogP) is 4.84. The van der Waals surface area contributed by atoms with Gasteiger partial charge in [0.25, 0.3) is 0 Å². The summed E-state index contributed by atoms with van der Waals surface area (Å²) in [4.78, 5) is 2.49. The molecule has 1 aromatic carbocycles. The molecule has 3 atom stereocenters. The maximum atomic E-state index is 13.2. The Morgan fingerprint density at radius 3 is 2.57 bits per heavy atom. The van der Waals surface area contributed by atoms with Crippen molar-refractivity contribution in [1.29, 1.82) is 0 Å². The van der Waals surface area contributed by atoms with Crippen molar-refractivity contribution in [1.82, 2.24) is 4.90 Å². The minimum atomic E-state index is -2.35. The first kappa shape index (κ1) is 21.8. The highest BCUT2D eigenvalue weighted by Crippen LogP contribution is 2.51. The summed E-state index contributed by atoms with van der Waals surface area (Å²) < 4.78 is 37.9. The highest BCUT2D eigenvalue weighted by atomic mass is 19.3. The van der Waals surface area contributed by atoms with Crippen LogP contribution in [0, 0.1) is 16.7 Å². The summed E-state index contributed by atoms with van der Waals surface area (Å²) in [5, 5.41) is 10.9. The highest BCUT2D eigenvalue weighted by molar-refractivity contribution is 5.49. The Kier molecular flexibility index (Phi) is 5.77. The number of benzene rings is 1. The summed E-state index contributed by atoms with van der Waals surface area (Å²) in [6.07, 6.45) is 0.978. The number of aliphatic hydroxyl groups excluding tert-OH is 1. The van der Waals surface area contributed by atoms with Gasteiger partial charge in [-0.1, -0.05) is 20.8 Å². The zero-order valence-electron chi connectivity index (χ0n) is 18.6. The molecular weight excluding hydrogens is 388 g/mol. The number of nitrogens with zero attached hydrogens (tertiary/aromatic N) is 1. The van der Waals surface area contributed by atoms with E-state index in [0.29, 0.717) is 30.8 Å². The minimum Gasteiger partial charge on any atom is -0.493 e. The van der Waals surface area contributed by atoms with Gasteiger partial charge in [-0.05, 0) is 66.7 Å². The van der Waals surface area contributed by atoms with Gasteiger partial charge in [0, 0.05) is 19.1 Å². The molecule has 0 bridgehead atoms. The van der Waals surface area contributed by atoms with Gasteiger partial charge in [-0.25, -0.2) is 8.78 Å². The van der Waals surface area contributed by atoms with E-state index in [2.05, 4.69) is 25.7 Å². The van der Waals surface area contributed by atoms with Gasteiger partial charge in [-0.15, -0.1) is 0 Å². The number of methoxy groups -OCH3 is 1. The summed E-state index contributed by atoms with van der Waals surface area (Å²) in [7, 11) is 1.59. The molecule has 1 saturated carbocycles. The fraction of sp³-hybridized carbons (Fsp3) is 0.750. The minimum absolute atomic E-state index is 0.0303. The topological polar surface area (TPSA) is 41.9 Å². The van der Waals surface area contributed by atoms with Crippen molar-refractivity contribution in [3.63, 3.8) is 0 Å². The van der Waals surface area contributed by atoms with Gasteiger partial charge < -0.3 is 14.6 Å². The first-order valence-corrected chi connectivity index (χ1v) is 11.2. The number of aliphatic hydroxyl groups is 1. The molecular formula is C24H35F2NO3. The quantitative estimate of drug-likeness (QED) is 0.711. The van der Waals surface area contributed by atoms with Crippen LogP contribution in [0.25, 0.3) is 0 Å². The van der Waals surface area contributed by atoms with Gasteiger partial charge in [0.05, 0.1) is 25.2 Å². The highest BCUT2D eigenvalue weighted by Gasteiger charge is 2.52. The Balaban J connectivity index is 1.52. The molecule has 0 aromatic heterocycles. The molecule has 0 spiro atoms. The Hall–Kier alpha value is -1.40. The van der Waals surface area contributed by atoms with Crippen molar-refractivity contribution >= 4 is 0 Å². The molecule has 2 aliphatic heterocycles. The molecule has 1 N–H and O–H groups in total. The Labute approximate surface area is 178 Å². The lowest BCUT2D eigenvalue weighted by atomic mass is 9.75. The lowest BCUT2D eigenvalue weighted by Crippen LogP contribution is -2.48. The first-order valence-electron chi connectivity index (χ1n) is 11.2. The molecule has 0 unspecified atom stereocenters. The van der Waals surface area contributed by atoms with Crippen LogP contribution in [0.1, 0.15) is 63.6 Å². The molecule has 1 saturated heterocycles. The van der Waals surface area contributed by atoms with Gasteiger partial charge in [0.2, 0.25) is 6.43 Å². The van der Waals surface area contributed by atoms with E-state index in [-0.39, 0.29) is 30.1 Å². The summed E-state index contributed by atoms with van der Waals surface area (Å²) >= 11 is 0. The Morgan fingerprint density at radius 1 is 1.23 bits per heavy atom. The van der Waals surface area contributed by atoms with Crippen LogP contribution in [-0.2, 0) is 6.42 Å². The van der Waals surface area contributed by atoms with Crippen molar-refractivity contribution < 1.29 is 23.4 Å². The third kappa shape index (κ3) is 4.31. The van der Waals surface area contributed by atoms with Crippen LogP contribution in [0.4, 0.5) is 8.78 Å². The largest absolute Gasteiger partial charge is 0.493 e. The zero-order valence-corrected chi connectivity index (χ0v) is 18.6. The third-order valence-electron chi connectivity index (χ3n) is 7.12. The number of rotatable bonds is 6. The van der Waals surface area contributed by atoms with E-state index in [1.807, 2.05) is 12.1 Å². The number of halogens is 2. The van der Waals surface area contributed by atoms with Crippen LogP contribution >= 0.6 is 0 Å². The van der Waals surface area contributed by atoms with Crippen LogP contribution in [-0.4, -0.2) is 49.3 Å². The van der Waals surface area contributed by atoms with E-state index in [9.17, 15) is 13.9 Å². The van der Waals surface area contributed by atoms with E-state index >= 15 is 0 Å². The maximum Gasteiger partial charge on any atom is 0.247 e. The van der Waals surface area contributed by atoms with Gasteiger partial charge in [0.1, 0.15) is 0 Å². The van der Waals surface area contributed by atoms with Gasteiger partial charge >= 0.3 is 0 Å². The number of piperidine rings is 1. The number of ether oxygens (including phenoxy) is 2. The summed E-state index contributed by atoms with van der Waals surface area (Å²) in [5.41, 5.74) is 1.57. The van der Waals surface area contributed by atoms with E-state index in [1.54, 1.807) is 7.11 Å². The van der Waals surface area contributed by atoms with Crippen LogP contribution in [0.2, 0.25) is 0 Å². The molecule has 6 heteroatoms. The van der Waals surface area contributed by atoms with Gasteiger partial charge in [-0.2, -0.15) is 0 Å². The van der Waals surface area contributed by atoms with E-state index in [4.69, 9.17) is 9.47 Å². The molecule has 30 heavy (non-hydrogen) atoms. The van der Waals surface area contributed by atoms with Crippen molar-refractivity contribution in [2.75, 3.05) is 26.8 Å². The SMILES string of the molecule is COc1cc2c(cc1OCC1(C(F)F)CC1)CCN1C[C@@H](CC(C)(C)C)[C@H](O)C[C@H]21. The number of hydrogen-bond donors (Lipinski definition) is 1. The maximum absolute atomic E-state index is 13.2. The summed E-state index contributed by atoms with van der Waals surface area (Å²) in [5.74, 6) is 1.43. The van der Waals surface area contributed by atoms with Crippen molar-refractivity contribution in [3.8, 4) is 11.5 Å². The summed E-state index contributed by atoms with van der Waals surface area (Å²) in [6.45, 7) is 8.55. The first-order chi connectivity index (χ1) is 14.1. The standard InChI is InChI=1S/C24H35F2NO3/c1-23(2,3)12-16-13-27-8-5-15-9-21(30-14-24(6-7-24)22(25)26)20(29-4)10-17(15)18(27)11-19(16)28/h9-10,16,18-19,22,28H,5-8,11-14H2,1-4H3/t16-,18-,19-/m1/s1. The fourth-order valence-corrected chi connectivity index (χ4v) is 5.17. The lowest BCUT2D eigenvalue weighted by molar-refractivity contribution is -0.0259. The smallest absolute Gasteiger partial charge is 0.247 e. The van der Waals surface area contributed by atoms with Crippen molar-refractivity contribution in [2.45, 2.75) is 71.4 Å². The fourth-order valence-electron chi connectivity index (χ4n) is 5.17. The monoisotopic (exact) mass is 423 g/mol. The molecule has 2 fully saturated rings. The van der Waals surface area contributed by atoms with Crippen LogP contribution in [0.5, 0.6) is 11.5 Å². The second-order valence-corrected chi connectivity index (χ2v) is 10.7. The third-order valence-corrected chi connectivity index (χ3v) is 7.12. The second kappa shape index (κ2) is 7.94. The molecule has 0 amide bonds. The molecule has 3 aliphatic rings. The number of alkyl halides is 2. The zero-order chi connectivity index (χ0) is 21.7. The Morgan fingerprint density at radius 2 is 1.97 bits per heavy atom. The Bertz CT molecular complexity index is 772.